The monoisotopic (exact) mass is 374 g/mol. The summed E-state index contributed by atoms with van der Waals surface area (Å²) < 4.78 is 26.8. The zero-order valence-corrected chi connectivity index (χ0v) is 15.6. The lowest BCUT2D eigenvalue weighted by Gasteiger charge is -2.07. The van der Waals surface area contributed by atoms with Gasteiger partial charge in [-0.1, -0.05) is 12.8 Å². The minimum atomic E-state index is 0.517. The molecule has 5 nitrogen and oxygen atoms in total. The number of halogens is 2. The van der Waals surface area contributed by atoms with Gasteiger partial charge in [0, 0.05) is 18.4 Å². The van der Waals surface area contributed by atoms with E-state index in [-0.39, 0.29) is 0 Å². The average Bonchev–Trinajstić information content (AvgIpc) is 2.57. The molecule has 0 saturated heterocycles. The van der Waals surface area contributed by atoms with Crippen molar-refractivity contribution in [3.8, 4) is 0 Å². The molecule has 0 N–H and O–H groups in total. The van der Waals surface area contributed by atoms with E-state index in [1.807, 2.05) is 0 Å². The number of ether oxygens (including phenoxy) is 5. The standard InChI is InChI=1S/C16H32Cl2O5/c17-5-3-1-2-4-7-19-9-11-21-13-15-23-16-14-22-12-10-20-8-6-18/h1-16H2. The van der Waals surface area contributed by atoms with E-state index in [9.17, 15) is 0 Å². The van der Waals surface area contributed by atoms with E-state index < -0.39 is 0 Å². The minimum Gasteiger partial charge on any atom is -0.379 e. The fourth-order valence-electron chi connectivity index (χ4n) is 1.69. The van der Waals surface area contributed by atoms with Gasteiger partial charge in [0.2, 0.25) is 0 Å². The van der Waals surface area contributed by atoms with Gasteiger partial charge in [-0.25, -0.2) is 0 Å². The van der Waals surface area contributed by atoms with Crippen molar-refractivity contribution >= 4 is 23.2 Å². The van der Waals surface area contributed by atoms with Crippen molar-refractivity contribution < 1.29 is 23.7 Å². The van der Waals surface area contributed by atoms with Crippen LogP contribution in [0, 0.1) is 0 Å². The third-order valence-electron chi connectivity index (χ3n) is 2.88. The maximum Gasteiger partial charge on any atom is 0.0701 e. The van der Waals surface area contributed by atoms with Gasteiger partial charge in [0.25, 0.3) is 0 Å². The van der Waals surface area contributed by atoms with E-state index in [0.717, 1.165) is 25.3 Å². The molecule has 7 heteroatoms. The van der Waals surface area contributed by atoms with E-state index in [1.54, 1.807) is 0 Å². The second-order valence-corrected chi connectivity index (χ2v) is 5.61. The molecule has 0 aliphatic carbocycles. The zero-order valence-electron chi connectivity index (χ0n) is 14.1. The smallest absolute Gasteiger partial charge is 0.0701 e. The van der Waals surface area contributed by atoms with Crippen molar-refractivity contribution in [1.82, 2.24) is 0 Å². The Balaban J connectivity index is 2.92. The van der Waals surface area contributed by atoms with Gasteiger partial charge in [-0.3, -0.25) is 0 Å². The van der Waals surface area contributed by atoms with Crippen LogP contribution in [0.15, 0.2) is 0 Å². The fourth-order valence-corrected chi connectivity index (χ4v) is 1.99. The summed E-state index contributed by atoms with van der Waals surface area (Å²) in [6, 6.07) is 0. The Morgan fingerprint density at radius 3 is 1.17 bits per heavy atom. The lowest BCUT2D eigenvalue weighted by molar-refractivity contribution is -0.0103. The first-order valence-electron chi connectivity index (χ1n) is 8.42. The molecule has 0 spiro atoms. The molecule has 0 fully saturated rings. The molecule has 0 aromatic rings. The molecular weight excluding hydrogens is 343 g/mol. The van der Waals surface area contributed by atoms with Gasteiger partial charge < -0.3 is 23.7 Å². The van der Waals surface area contributed by atoms with E-state index >= 15 is 0 Å². The summed E-state index contributed by atoms with van der Waals surface area (Å²) in [6.07, 6.45) is 4.56. The van der Waals surface area contributed by atoms with E-state index in [0.29, 0.717) is 65.3 Å². The Bertz CT molecular complexity index is 191. The van der Waals surface area contributed by atoms with Crippen molar-refractivity contribution in [2.45, 2.75) is 25.7 Å². The fraction of sp³-hybridized carbons (Fsp3) is 1.00. The third kappa shape index (κ3) is 22.4. The maximum atomic E-state index is 5.61. The summed E-state index contributed by atoms with van der Waals surface area (Å²) in [5, 5.41) is 0. The number of unbranched alkanes of at least 4 members (excludes halogenated alkanes) is 3. The molecule has 0 atom stereocenters. The Hall–Kier alpha value is 0.380. The number of hydrogen-bond donors (Lipinski definition) is 0. The quantitative estimate of drug-likeness (QED) is 0.242. The first-order chi connectivity index (χ1) is 11.4. The van der Waals surface area contributed by atoms with Crippen LogP contribution in [0.3, 0.4) is 0 Å². The van der Waals surface area contributed by atoms with Gasteiger partial charge in [0.1, 0.15) is 0 Å². The highest BCUT2D eigenvalue weighted by atomic mass is 35.5. The highest BCUT2D eigenvalue weighted by Crippen LogP contribution is 2.00. The summed E-state index contributed by atoms with van der Waals surface area (Å²) in [6.45, 7) is 6.05. The summed E-state index contributed by atoms with van der Waals surface area (Å²) in [4.78, 5) is 0. The van der Waals surface area contributed by atoms with Crippen LogP contribution < -0.4 is 0 Å². The molecule has 0 radical (unpaired) electrons. The SMILES string of the molecule is ClCCCCCCOCCOCCOCCOCCOCCCl. The molecule has 0 aliphatic heterocycles. The van der Waals surface area contributed by atoms with Gasteiger partial charge in [-0.15, -0.1) is 23.2 Å². The molecule has 0 amide bonds. The van der Waals surface area contributed by atoms with Crippen molar-refractivity contribution in [2.75, 3.05) is 77.8 Å². The number of hydrogen-bond acceptors (Lipinski definition) is 5. The Kier molecular flexibility index (Phi) is 22.7. The normalized spacial score (nSPS) is 11.2. The number of rotatable bonds is 20. The van der Waals surface area contributed by atoms with Crippen LogP contribution in [0.5, 0.6) is 0 Å². The topological polar surface area (TPSA) is 46.2 Å². The predicted octanol–water partition coefficient (Wildman–Crippen LogP) is 3.11. The molecule has 0 aromatic carbocycles. The van der Waals surface area contributed by atoms with E-state index in [4.69, 9.17) is 46.9 Å². The van der Waals surface area contributed by atoms with Crippen molar-refractivity contribution in [1.29, 1.82) is 0 Å². The summed E-state index contributed by atoms with van der Waals surface area (Å²) in [5.74, 6) is 1.27. The van der Waals surface area contributed by atoms with Gasteiger partial charge >= 0.3 is 0 Å². The zero-order chi connectivity index (χ0) is 16.8. The van der Waals surface area contributed by atoms with E-state index in [2.05, 4.69) is 0 Å². The largest absolute Gasteiger partial charge is 0.379 e. The van der Waals surface area contributed by atoms with Crippen LogP contribution in [-0.4, -0.2) is 77.8 Å². The second kappa shape index (κ2) is 22.4. The molecule has 140 valence electrons. The summed E-state index contributed by atoms with van der Waals surface area (Å²) in [7, 11) is 0. The van der Waals surface area contributed by atoms with Gasteiger partial charge in [0.05, 0.1) is 59.5 Å². The molecule has 23 heavy (non-hydrogen) atoms. The minimum absolute atomic E-state index is 0.517. The lowest BCUT2D eigenvalue weighted by atomic mass is 10.2. The second-order valence-electron chi connectivity index (χ2n) is 4.85. The Labute approximate surface area is 150 Å². The lowest BCUT2D eigenvalue weighted by Crippen LogP contribution is -2.13. The van der Waals surface area contributed by atoms with E-state index in [1.165, 1.54) is 12.8 Å². The molecule has 0 bridgehead atoms. The van der Waals surface area contributed by atoms with Crippen LogP contribution in [0.1, 0.15) is 25.7 Å². The molecule has 0 saturated carbocycles. The van der Waals surface area contributed by atoms with Crippen LogP contribution >= 0.6 is 23.2 Å². The molecule has 0 rings (SSSR count). The summed E-state index contributed by atoms with van der Waals surface area (Å²) in [5.41, 5.74) is 0. The predicted molar refractivity (Wildman–Crippen MR) is 94.0 cm³/mol. The molecule has 0 aromatic heterocycles. The van der Waals surface area contributed by atoms with Crippen LogP contribution in [0.2, 0.25) is 0 Å². The highest BCUT2D eigenvalue weighted by Gasteiger charge is 1.94. The summed E-state index contributed by atoms with van der Waals surface area (Å²) >= 11 is 11.1. The highest BCUT2D eigenvalue weighted by molar-refractivity contribution is 6.18. The van der Waals surface area contributed by atoms with Crippen LogP contribution in [0.4, 0.5) is 0 Å². The Morgan fingerprint density at radius 1 is 0.348 bits per heavy atom. The van der Waals surface area contributed by atoms with Crippen LogP contribution in [0.25, 0.3) is 0 Å². The molecule has 0 unspecified atom stereocenters. The maximum absolute atomic E-state index is 5.61. The average molecular weight is 375 g/mol. The van der Waals surface area contributed by atoms with Crippen molar-refractivity contribution in [3.05, 3.63) is 0 Å². The third-order valence-corrected chi connectivity index (χ3v) is 3.30. The molecule has 0 heterocycles. The molecule has 0 aliphatic rings. The van der Waals surface area contributed by atoms with Gasteiger partial charge in [-0.05, 0) is 12.8 Å². The van der Waals surface area contributed by atoms with Crippen molar-refractivity contribution in [3.63, 3.8) is 0 Å². The number of alkyl halides is 2. The van der Waals surface area contributed by atoms with Gasteiger partial charge in [0.15, 0.2) is 0 Å². The van der Waals surface area contributed by atoms with Crippen molar-refractivity contribution in [2.24, 2.45) is 0 Å². The van der Waals surface area contributed by atoms with Gasteiger partial charge in [-0.2, -0.15) is 0 Å². The first-order valence-corrected chi connectivity index (χ1v) is 9.49. The Morgan fingerprint density at radius 2 is 0.739 bits per heavy atom. The first kappa shape index (κ1) is 23.4. The van der Waals surface area contributed by atoms with Crippen LogP contribution in [-0.2, 0) is 23.7 Å². The molecular formula is C16H32Cl2O5.